The maximum Gasteiger partial charge on any atom is 0.254 e. The summed E-state index contributed by atoms with van der Waals surface area (Å²) in [5, 5.41) is 3.30. The van der Waals surface area contributed by atoms with E-state index in [1.165, 1.54) is 19.0 Å². The molecule has 1 aromatic rings. The highest BCUT2D eigenvalue weighted by Gasteiger charge is 2.20. The van der Waals surface area contributed by atoms with Gasteiger partial charge < -0.3 is 5.32 Å². The van der Waals surface area contributed by atoms with E-state index in [1.807, 2.05) is 0 Å². The molecule has 1 N–H and O–H groups in total. The van der Waals surface area contributed by atoms with Crippen LogP contribution in [0.2, 0.25) is 5.02 Å². The van der Waals surface area contributed by atoms with E-state index in [2.05, 4.69) is 10.3 Å². The van der Waals surface area contributed by atoms with Gasteiger partial charge in [0.2, 0.25) is 0 Å². The maximum atomic E-state index is 11.6. The Morgan fingerprint density at radius 1 is 1.60 bits per heavy atom. The van der Waals surface area contributed by atoms with E-state index in [-0.39, 0.29) is 5.91 Å². The second-order valence-corrected chi connectivity index (χ2v) is 4.25. The van der Waals surface area contributed by atoms with E-state index >= 15 is 0 Å². The number of hydrogen-bond acceptors (Lipinski definition) is 2. The zero-order valence-electron chi connectivity index (χ0n) is 8.37. The van der Waals surface area contributed by atoms with Crippen molar-refractivity contribution in [3.8, 4) is 0 Å². The molecule has 0 unspecified atom stereocenters. The Hall–Kier alpha value is -1.09. The molecule has 4 heteroatoms. The topological polar surface area (TPSA) is 42.0 Å². The second-order valence-electron chi connectivity index (χ2n) is 3.84. The molecule has 0 aliphatic heterocycles. The highest BCUT2D eigenvalue weighted by molar-refractivity contribution is 6.33. The van der Waals surface area contributed by atoms with Gasteiger partial charge in [0.05, 0.1) is 10.6 Å². The molecule has 1 aliphatic rings. The van der Waals surface area contributed by atoms with Crippen LogP contribution in [0.3, 0.4) is 0 Å². The third-order valence-corrected chi connectivity index (χ3v) is 2.88. The Morgan fingerprint density at radius 3 is 3.07 bits per heavy atom. The van der Waals surface area contributed by atoms with Crippen LogP contribution in [-0.4, -0.2) is 17.4 Å². The van der Waals surface area contributed by atoms with Gasteiger partial charge in [-0.05, 0) is 18.4 Å². The molecule has 0 spiro atoms. The summed E-state index contributed by atoms with van der Waals surface area (Å²) >= 11 is 5.87. The lowest BCUT2D eigenvalue weighted by Gasteiger charge is -2.05. The van der Waals surface area contributed by atoms with Crippen LogP contribution in [0, 0.1) is 5.92 Å². The van der Waals surface area contributed by atoms with Crippen LogP contribution >= 0.6 is 11.6 Å². The smallest absolute Gasteiger partial charge is 0.254 e. The summed E-state index contributed by atoms with van der Waals surface area (Å²) in [6.45, 7) is 0.731. The minimum atomic E-state index is -0.131. The van der Waals surface area contributed by atoms with Crippen molar-refractivity contribution in [3.63, 3.8) is 0 Å². The summed E-state index contributed by atoms with van der Waals surface area (Å²) in [4.78, 5) is 15.5. The molecule has 0 radical (unpaired) electrons. The van der Waals surface area contributed by atoms with Gasteiger partial charge in [-0.2, -0.15) is 0 Å². The van der Waals surface area contributed by atoms with E-state index < -0.39 is 0 Å². The Kier molecular flexibility index (Phi) is 3.21. The van der Waals surface area contributed by atoms with Gasteiger partial charge in [-0.1, -0.05) is 24.4 Å². The normalized spacial score (nSPS) is 15.0. The van der Waals surface area contributed by atoms with Crippen molar-refractivity contribution >= 4 is 17.5 Å². The zero-order chi connectivity index (χ0) is 10.7. The van der Waals surface area contributed by atoms with Crippen molar-refractivity contribution in [1.82, 2.24) is 10.3 Å². The average molecular weight is 225 g/mol. The number of hydrogen-bond donors (Lipinski definition) is 1. The molecule has 0 saturated heterocycles. The maximum absolute atomic E-state index is 11.6. The first kappa shape index (κ1) is 10.4. The molecule has 0 aromatic carbocycles. The average Bonchev–Trinajstić information content (AvgIpc) is 3.02. The van der Waals surface area contributed by atoms with Crippen molar-refractivity contribution in [3.05, 3.63) is 29.0 Å². The van der Waals surface area contributed by atoms with Gasteiger partial charge in [-0.3, -0.25) is 9.78 Å². The van der Waals surface area contributed by atoms with Gasteiger partial charge >= 0.3 is 0 Å². The SMILES string of the molecule is O=C(NCCC1CC1)c1cnccc1Cl. The van der Waals surface area contributed by atoms with Crippen LogP contribution in [-0.2, 0) is 0 Å². The van der Waals surface area contributed by atoms with E-state index in [4.69, 9.17) is 11.6 Å². The lowest BCUT2D eigenvalue weighted by atomic mass is 10.2. The number of rotatable bonds is 4. The van der Waals surface area contributed by atoms with Gasteiger partial charge in [-0.25, -0.2) is 0 Å². The predicted octanol–water partition coefficient (Wildman–Crippen LogP) is 2.26. The number of aromatic nitrogens is 1. The number of nitrogens with one attached hydrogen (secondary N) is 1. The third-order valence-electron chi connectivity index (χ3n) is 2.55. The Balaban J connectivity index is 1.86. The van der Waals surface area contributed by atoms with Crippen molar-refractivity contribution < 1.29 is 4.79 Å². The molecule has 15 heavy (non-hydrogen) atoms. The number of carbonyl (C=O) groups is 1. The Morgan fingerprint density at radius 2 is 2.40 bits per heavy atom. The van der Waals surface area contributed by atoms with Crippen LogP contribution in [0.25, 0.3) is 0 Å². The van der Waals surface area contributed by atoms with Crippen LogP contribution in [0.4, 0.5) is 0 Å². The fourth-order valence-corrected chi connectivity index (χ4v) is 1.63. The van der Waals surface area contributed by atoms with Crippen molar-refractivity contribution in [2.45, 2.75) is 19.3 Å². The Labute approximate surface area is 93.8 Å². The van der Waals surface area contributed by atoms with Crippen molar-refractivity contribution in [1.29, 1.82) is 0 Å². The molecule has 1 saturated carbocycles. The largest absolute Gasteiger partial charge is 0.352 e. The molecule has 1 fully saturated rings. The van der Waals surface area contributed by atoms with Gasteiger partial charge in [0.25, 0.3) is 5.91 Å². The van der Waals surface area contributed by atoms with Gasteiger partial charge in [-0.15, -0.1) is 0 Å². The van der Waals surface area contributed by atoms with Crippen LogP contribution in [0.15, 0.2) is 18.5 Å². The van der Waals surface area contributed by atoms with E-state index in [0.717, 1.165) is 18.9 Å². The highest BCUT2D eigenvalue weighted by Crippen LogP contribution is 2.31. The summed E-state index contributed by atoms with van der Waals surface area (Å²) < 4.78 is 0. The molecule has 1 aliphatic carbocycles. The minimum Gasteiger partial charge on any atom is -0.352 e. The van der Waals surface area contributed by atoms with E-state index in [0.29, 0.717) is 10.6 Å². The zero-order valence-corrected chi connectivity index (χ0v) is 9.13. The molecule has 1 aromatic heterocycles. The van der Waals surface area contributed by atoms with Gasteiger partial charge in [0.1, 0.15) is 0 Å². The molecule has 1 heterocycles. The lowest BCUT2D eigenvalue weighted by Crippen LogP contribution is -2.25. The number of pyridine rings is 1. The predicted molar refractivity (Wildman–Crippen MR) is 58.9 cm³/mol. The molecule has 2 rings (SSSR count). The quantitative estimate of drug-likeness (QED) is 0.853. The summed E-state index contributed by atoms with van der Waals surface area (Å²) in [6.07, 6.45) is 6.76. The molecule has 3 nitrogen and oxygen atoms in total. The second kappa shape index (κ2) is 4.62. The number of carbonyl (C=O) groups excluding carboxylic acids is 1. The molecule has 1 amide bonds. The first-order valence-corrected chi connectivity index (χ1v) is 5.53. The lowest BCUT2D eigenvalue weighted by molar-refractivity contribution is 0.0952. The summed E-state index contributed by atoms with van der Waals surface area (Å²) in [5.41, 5.74) is 0.454. The first-order valence-electron chi connectivity index (χ1n) is 5.15. The number of halogens is 1. The van der Waals surface area contributed by atoms with Crippen LogP contribution in [0.1, 0.15) is 29.6 Å². The summed E-state index contributed by atoms with van der Waals surface area (Å²) in [6, 6.07) is 1.62. The molecule has 0 bridgehead atoms. The van der Waals surface area contributed by atoms with E-state index in [9.17, 15) is 4.79 Å². The van der Waals surface area contributed by atoms with Crippen LogP contribution in [0.5, 0.6) is 0 Å². The molecule has 80 valence electrons. The number of amides is 1. The van der Waals surface area contributed by atoms with Crippen LogP contribution < -0.4 is 5.32 Å². The summed E-state index contributed by atoms with van der Waals surface area (Å²) in [5.74, 6) is 0.698. The molecular formula is C11H13ClN2O. The minimum absolute atomic E-state index is 0.131. The monoisotopic (exact) mass is 224 g/mol. The Bertz CT molecular complexity index is 363. The standard InChI is InChI=1S/C11H13ClN2O/c12-10-4-5-13-7-9(10)11(15)14-6-3-8-1-2-8/h4-5,7-8H,1-3,6H2,(H,14,15). The van der Waals surface area contributed by atoms with E-state index in [1.54, 1.807) is 12.3 Å². The number of nitrogens with zero attached hydrogens (tertiary/aromatic N) is 1. The van der Waals surface area contributed by atoms with Gasteiger partial charge in [0.15, 0.2) is 0 Å². The van der Waals surface area contributed by atoms with Gasteiger partial charge in [0, 0.05) is 18.9 Å². The fourth-order valence-electron chi connectivity index (χ4n) is 1.44. The van der Waals surface area contributed by atoms with Crippen molar-refractivity contribution in [2.24, 2.45) is 5.92 Å². The summed E-state index contributed by atoms with van der Waals surface area (Å²) in [7, 11) is 0. The van der Waals surface area contributed by atoms with Crippen molar-refractivity contribution in [2.75, 3.05) is 6.54 Å². The molecule has 0 atom stereocenters. The molecular weight excluding hydrogens is 212 g/mol. The third kappa shape index (κ3) is 2.93. The first-order chi connectivity index (χ1) is 7.27. The highest BCUT2D eigenvalue weighted by atomic mass is 35.5. The fraction of sp³-hybridized carbons (Fsp3) is 0.455.